The number of hydrogen-bond acceptors (Lipinski definition) is 7. The molecule has 0 radical (unpaired) electrons. The predicted octanol–water partition coefficient (Wildman–Crippen LogP) is 1.64. The molecule has 0 bridgehead atoms. The van der Waals surface area contributed by atoms with E-state index in [0.29, 0.717) is 58.0 Å². The van der Waals surface area contributed by atoms with Crippen LogP contribution >= 0.6 is 0 Å². The van der Waals surface area contributed by atoms with Gasteiger partial charge in [0.2, 0.25) is 0 Å². The Morgan fingerprint density at radius 2 is 1.73 bits per heavy atom. The van der Waals surface area contributed by atoms with Crippen molar-refractivity contribution < 1.29 is 27.8 Å². The Balaban J connectivity index is 1.36. The molecule has 184 valence electrons. The van der Waals surface area contributed by atoms with E-state index < -0.39 is 17.7 Å². The third-order valence-electron chi connectivity index (χ3n) is 6.59. The van der Waals surface area contributed by atoms with Crippen LogP contribution in [0.1, 0.15) is 6.42 Å². The van der Waals surface area contributed by atoms with E-state index in [9.17, 15) is 13.6 Å². The number of ether oxygens (including phenoxy) is 3. The third kappa shape index (κ3) is 6.32. The van der Waals surface area contributed by atoms with Crippen LogP contribution in [0.15, 0.2) is 18.2 Å². The monoisotopic (exact) mass is 468 g/mol. The van der Waals surface area contributed by atoms with Gasteiger partial charge >= 0.3 is 6.09 Å². The first-order valence-corrected chi connectivity index (χ1v) is 11.6. The van der Waals surface area contributed by atoms with E-state index in [1.165, 1.54) is 12.1 Å². The second kappa shape index (κ2) is 10.9. The van der Waals surface area contributed by atoms with Crippen LogP contribution in [0.2, 0.25) is 0 Å². The molecule has 0 aromatic heterocycles. The molecule has 3 heterocycles. The molecule has 10 heteroatoms. The number of carbonyl (C=O) groups excluding carboxylic acids is 1. The average molecular weight is 469 g/mol. The first-order valence-electron chi connectivity index (χ1n) is 11.6. The summed E-state index contributed by atoms with van der Waals surface area (Å²) in [6.45, 7) is 6.18. The van der Waals surface area contributed by atoms with Gasteiger partial charge in [-0.05, 0) is 26.2 Å². The van der Waals surface area contributed by atoms with Crippen molar-refractivity contribution in [1.82, 2.24) is 14.7 Å². The zero-order valence-electron chi connectivity index (χ0n) is 19.4. The first kappa shape index (κ1) is 24.1. The van der Waals surface area contributed by atoms with E-state index >= 15 is 0 Å². The molecule has 3 atom stereocenters. The Kier molecular flexibility index (Phi) is 8.00. The topological polar surface area (TPSA) is 57.7 Å². The molecular formula is C23H34F2N4O4. The SMILES string of the molecule is CN1CCO[C@H](CC(OC(=O)N2CCN(c3ccc(F)cc3F)CC2)[C@H]2CN(C)CCO2)C1. The summed E-state index contributed by atoms with van der Waals surface area (Å²) < 4.78 is 45.2. The highest BCUT2D eigenvalue weighted by Crippen LogP contribution is 2.23. The van der Waals surface area contributed by atoms with Crippen LogP contribution in [-0.4, -0.2) is 119 Å². The number of halogens is 2. The number of benzene rings is 1. The Bertz CT molecular complexity index is 809. The molecule has 3 fully saturated rings. The molecule has 1 unspecified atom stereocenters. The highest BCUT2D eigenvalue weighted by atomic mass is 19.1. The number of rotatable bonds is 5. The highest BCUT2D eigenvalue weighted by Gasteiger charge is 2.35. The van der Waals surface area contributed by atoms with Gasteiger partial charge in [-0.25, -0.2) is 13.6 Å². The van der Waals surface area contributed by atoms with Crippen LogP contribution in [0.25, 0.3) is 0 Å². The summed E-state index contributed by atoms with van der Waals surface area (Å²) in [5.74, 6) is -1.20. The number of anilines is 1. The standard InChI is InChI=1S/C23H34F2N4O4/c1-26-9-11-31-18(15-26)14-21(22-16-27(2)10-12-32-22)33-23(30)29-7-5-28(6-8-29)20-4-3-17(24)13-19(20)25/h3-4,13,18,21-22H,5-12,14-16H2,1-2H3/t18-,21?,22-/m1/s1. The number of hydrogen-bond donors (Lipinski definition) is 0. The fraction of sp³-hybridized carbons (Fsp3) is 0.696. The summed E-state index contributed by atoms with van der Waals surface area (Å²) >= 11 is 0. The van der Waals surface area contributed by atoms with Crippen molar-refractivity contribution in [2.45, 2.75) is 24.7 Å². The quantitative estimate of drug-likeness (QED) is 0.651. The van der Waals surface area contributed by atoms with Gasteiger partial charge in [-0.3, -0.25) is 0 Å². The predicted molar refractivity (Wildman–Crippen MR) is 120 cm³/mol. The molecule has 0 spiro atoms. The Hall–Kier alpha value is -2.01. The second-order valence-electron chi connectivity index (χ2n) is 9.15. The van der Waals surface area contributed by atoms with Crippen LogP contribution in [0.5, 0.6) is 0 Å². The fourth-order valence-electron chi connectivity index (χ4n) is 4.65. The summed E-state index contributed by atoms with van der Waals surface area (Å²) in [6.07, 6.45) is -0.451. The lowest BCUT2D eigenvalue weighted by Gasteiger charge is -2.40. The van der Waals surface area contributed by atoms with E-state index in [1.54, 1.807) is 4.90 Å². The lowest BCUT2D eigenvalue weighted by Crippen LogP contribution is -2.53. The molecule has 4 rings (SSSR count). The number of carbonyl (C=O) groups is 1. The number of likely N-dealkylation sites (N-methyl/N-ethyl adjacent to an activating group) is 2. The molecular weight excluding hydrogens is 434 g/mol. The van der Waals surface area contributed by atoms with Gasteiger partial charge < -0.3 is 33.8 Å². The lowest BCUT2D eigenvalue weighted by atomic mass is 10.0. The molecule has 3 saturated heterocycles. The minimum Gasteiger partial charge on any atom is -0.443 e. The Morgan fingerprint density at radius 1 is 1.03 bits per heavy atom. The number of piperazine rings is 1. The average Bonchev–Trinajstić information content (AvgIpc) is 2.79. The zero-order chi connectivity index (χ0) is 23.4. The molecule has 0 saturated carbocycles. The van der Waals surface area contributed by atoms with Gasteiger partial charge in [-0.1, -0.05) is 0 Å². The van der Waals surface area contributed by atoms with Gasteiger partial charge in [-0.2, -0.15) is 0 Å². The van der Waals surface area contributed by atoms with Gasteiger partial charge in [0, 0.05) is 64.8 Å². The molecule has 3 aliphatic heterocycles. The van der Waals surface area contributed by atoms with Crippen LogP contribution in [-0.2, 0) is 14.2 Å². The smallest absolute Gasteiger partial charge is 0.410 e. The van der Waals surface area contributed by atoms with Gasteiger partial charge in [0.15, 0.2) is 0 Å². The molecule has 0 N–H and O–H groups in total. The van der Waals surface area contributed by atoms with Crippen molar-refractivity contribution in [2.75, 3.05) is 84.6 Å². The van der Waals surface area contributed by atoms with Gasteiger partial charge in [0.05, 0.1) is 25.0 Å². The van der Waals surface area contributed by atoms with Gasteiger partial charge in [0.1, 0.15) is 23.8 Å². The summed E-state index contributed by atoms with van der Waals surface area (Å²) in [5.41, 5.74) is 0.347. The van der Waals surface area contributed by atoms with Crippen LogP contribution < -0.4 is 4.90 Å². The van der Waals surface area contributed by atoms with Gasteiger partial charge in [0.25, 0.3) is 0 Å². The van der Waals surface area contributed by atoms with E-state index in [0.717, 1.165) is 25.7 Å². The van der Waals surface area contributed by atoms with Crippen LogP contribution in [0, 0.1) is 11.6 Å². The van der Waals surface area contributed by atoms with E-state index in [2.05, 4.69) is 16.8 Å². The van der Waals surface area contributed by atoms with E-state index in [-0.39, 0.29) is 18.3 Å². The second-order valence-corrected chi connectivity index (χ2v) is 9.15. The van der Waals surface area contributed by atoms with Crippen molar-refractivity contribution in [3.63, 3.8) is 0 Å². The number of amides is 1. The summed E-state index contributed by atoms with van der Waals surface area (Å²) in [7, 11) is 4.10. The van der Waals surface area contributed by atoms with Crippen molar-refractivity contribution in [1.29, 1.82) is 0 Å². The first-order chi connectivity index (χ1) is 15.9. The molecule has 3 aliphatic rings. The van der Waals surface area contributed by atoms with Crippen molar-refractivity contribution in [2.24, 2.45) is 0 Å². The Labute approximate surface area is 193 Å². The number of morpholine rings is 2. The normalized spacial score (nSPS) is 26.3. The summed E-state index contributed by atoms with van der Waals surface area (Å²) in [4.78, 5) is 20.9. The van der Waals surface area contributed by atoms with Crippen LogP contribution in [0.4, 0.5) is 19.3 Å². The minimum atomic E-state index is -0.603. The van der Waals surface area contributed by atoms with E-state index in [4.69, 9.17) is 14.2 Å². The molecule has 1 amide bonds. The molecule has 1 aromatic rings. The van der Waals surface area contributed by atoms with Crippen molar-refractivity contribution in [3.05, 3.63) is 29.8 Å². The van der Waals surface area contributed by atoms with E-state index in [1.807, 2.05) is 11.9 Å². The molecule has 1 aromatic carbocycles. The van der Waals surface area contributed by atoms with Crippen molar-refractivity contribution in [3.8, 4) is 0 Å². The highest BCUT2D eigenvalue weighted by molar-refractivity contribution is 5.68. The fourth-order valence-corrected chi connectivity index (χ4v) is 4.65. The lowest BCUT2D eigenvalue weighted by molar-refractivity contribution is -0.114. The maximum absolute atomic E-state index is 14.1. The third-order valence-corrected chi connectivity index (χ3v) is 6.59. The summed E-state index contributed by atoms with van der Waals surface area (Å²) in [5, 5.41) is 0. The van der Waals surface area contributed by atoms with Gasteiger partial charge in [-0.15, -0.1) is 0 Å². The van der Waals surface area contributed by atoms with Crippen molar-refractivity contribution >= 4 is 11.8 Å². The summed E-state index contributed by atoms with van der Waals surface area (Å²) in [6, 6.07) is 3.56. The zero-order valence-corrected chi connectivity index (χ0v) is 19.4. The maximum Gasteiger partial charge on any atom is 0.410 e. The molecule has 8 nitrogen and oxygen atoms in total. The largest absolute Gasteiger partial charge is 0.443 e. The Morgan fingerprint density at radius 3 is 2.39 bits per heavy atom. The maximum atomic E-state index is 14.1. The number of nitrogens with zero attached hydrogens (tertiary/aromatic N) is 4. The van der Waals surface area contributed by atoms with Crippen LogP contribution in [0.3, 0.4) is 0 Å². The minimum absolute atomic E-state index is 0.0179. The molecule has 33 heavy (non-hydrogen) atoms. The molecule has 0 aliphatic carbocycles.